The molecular formula is C29H44FN5O5. The number of rotatable bonds is 18. The highest BCUT2D eigenvalue weighted by Crippen LogP contribution is 2.37. The number of aliphatic hydroxyl groups is 2. The maximum absolute atomic E-state index is 14.2. The molecule has 3 atom stereocenters. The van der Waals surface area contributed by atoms with E-state index in [-0.39, 0.29) is 30.0 Å². The lowest BCUT2D eigenvalue weighted by Gasteiger charge is -2.23. The summed E-state index contributed by atoms with van der Waals surface area (Å²) in [6.07, 6.45) is 20.3. The van der Waals surface area contributed by atoms with Crippen molar-refractivity contribution in [3.8, 4) is 12.3 Å². The zero-order chi connectivity index (χ0) is 28.8. The number of carbonyl (C=O) groups excluding carboxylic acids is 1. The Morgan fingerprint density at radius 1 is 1.12 bits per heavy atom. The van der Waals surface area contributed by atoms with Crippen LogP contribution in [0.2, 0.25) is 0 Å². The number of carbonyl (C=O) groups is 1. The van der Waals surface area contributed by atoms with Gasteiger partial charge in [-0.1, -0.05) is 96.3 Å². The second kappa shape index (κ2) is 16.5. The van der Waals surface area contributed by atoms with Crippen molar-refractivity contribution in [2.45, 2.75) is 121 Å². The Balaban J connectivity index is 1.35. The number of aromatic nitrogens is 4. The molecule has 0 unspecified atom stereocenters. The molecule has 2 aromatic rings. The summed E-state index contributed by atoms with van der Waals surface area (Å²) in [7, 11) is 0. The standard InChI is InChI=1S/C29H44FN5O5/c1-3-5-6-7-8-9-10-11-12-13-14-15-16-17-18-39-28(38)33-25-24-26(34-27(30)32-25)35(21-31-24)23-19-22(37)29(4-2,20-36)40-23/h2,21-23,36-37H,3,5-20H2,1H3,(H,32,33,34,38)/t22-,23+,29+/m0/s1. The van der Waals surface area contributed by atoms with Gasteiger partial charge in [0.25, 0.3) is 0 Å². The Morgan fingerprint density at radius 2 is 1.73 bits per heavy atom. The van der Waals surface area contributed by atoms with E-state index in [1.807, 2.05) is 0 Å². The molecule has 10 nitrogen and oxygen atoms in total. The fourth-order valence-electron chi connectivity index (χ4n) is 5.02. The first-order valence-electron chi connectivity index (χ1n) is 14.7. The summed E-state index contributed by atoms with van der Waals surface area (Å²) in [6, 6.07) is 0. The Kier molecular flexibility index (Phi) is 13.0. The number of nitrogens with one attached hydrogen (secondary N) is 1. The van der Waals surface area contributed by atoms with Crippen molar-refractivity contribution < 1.29 is 28.9 Å². The molecule has 0 saturated carbocycles. The average Bonchev–Trinajstić information content (AvgIpc) is 3.51. The first-order chi connectivity index (χ1) is 19.4. The highest BCUT2D eigenvalue weighted by Gasteiger charge is 2.47. The van der Waals surface area contributed by atoms with Crippen molar-refractivity contribution in [2.75, 3.05) is 18.5 Å². The number of anilines is 1. The topological polar surface area (TPSA) is 132 Å². The molecule has 0 radical (unpaired) electrons. The molecule has 0 bridgehead atoms. The zero-order valence-corrected chi connectivity index (χ0v) is 23.6. The van der Waals surface area contributed by atoms with E-state index in [1.165, 1.54) is 81.5 Å². The lowest BCUT2D eigenvalue weighted by molar-refractivity contribution is -0.0891. The van der Waals surface area contributed by atoms with E-state index < -0.39 is 36.7 Å². The second-order valence-corrected chi connectivity index (χ2v) is 10.5. The molecule has 0 aliphatic carbocycles. The Morgan fingerprint density at radius 3 is 2.27 bits per heavy atom. The third-order valence-electron chi connectivity index (χ3n) is 7.44. The first-order valence-corrected chi connectivity index (χ1v) is 14.7. The fraction of sp³-hybridized carbons (Fsp3) is 0.724. The van der Waals surface area contributed by atoms with Crippen molar-refractivity contribution in [3.63, 3.8) is 0 Å². The van der Waals surface area contributed by atoms with E-state index in [4.69, 9.17) is 15.9 Å². The third kappa shape index (κ3) is 8.85. The number of hydrogen-bond donors (Lipinski definition) is 3. The van der Waals surface area contributed by atoms with Crippen LogP contribution < -0.4 is 5.32 Å². The van der Waals surface area contributed by atoms with Crippen molar-refractivity contribution in [3.05, 3.63) is 12.4 Å². The number of nitrogens with zero attached hydrogens (tertiary/aromatic N) is 4. The van der Waals surface area contributed by atoms with E-state index in [1.54, 1.807) is 0 Å². The van der Waals surface area contributed by atoms with Crippen molar-refractivity contribution >= 4 is 23.1 Å². The van der Waals surface area contributed by atoms with Gasteiger partial charge in [0, 0.05) is 6.42 Å². The maximum atomic E-state index is 14.2. The molecule has 1 aliphatic heterocycles. The molecule has 0 spiro atoms. The van der Waals surface area contributed by atoms with Gasteiger partial charge in [-0.05, 0) is 6.42 Å². The molecule has 2 aromatic heterocycles. The van der Waals surface area contributed by atoms with Crippen molar-refractivity contribution in [1.82, 2.24) is 19.5 Å². The molecule has 3 heterocycles. The maximum Gasteiger partial charge on any atom is 0.412 e. The van der Waals surface area contributed by atoms with E-state index in [0.29, 0.717) is 0 Å². The summed E-state index contributed by atoms with van der Waals surface area (Å²) in [5.41, 5.74) is -1.42. The van der Waals surface area contributed by atoms with Gasteiger partial charge in [-0.15, -0.1) is 6.42 Å². The molecule has 1 fully saturated rings. The number of terminal acetylenes is 1. The van der Waals surface area contributed by atoms with Crippen LogP contribution >= 0.6 is 0 Å². The number of halogens is 1. The summed E-state index contributed by atoms with van der Waals surface area (Å²) in [4.78, 5) is 23.9. The van der Waals surface area contributed by atoms with Gasteiger partial charge in [-0.25, -0.2) is 9.78 Å². The van der Waals surface area contributed by atoms with E-state index in [9.17, 15) is 19.4 Å². The van der Waals surface area contributed by atoms with Crippen LogP contribution in [-0.4, -0.2) is 60.7 Å². The van der Waals surface area contributed by atoms with Gasteiger partial charge in [-0.2, -0.15) is 14.4 Å². The molecule has 1 aliphatic rings. The van der Waals surface area contributed by atoms with Crippen LogP contribution in [-0.2, 0) is 9.47 Å². The van der Waals surface area contributed by atoms with Gasteiger partial charge < -0.3 is 19.7 Å². The van der Waals surface area contributed by atoms with Crippen LogP contribution in [0.15, 0.2) is 6.33 Å². The highest BCUT2D eigenvalue weighted by molar-refractivity contribution is 5.93. The van der Waals surface area contributed by atoms with E-state index in [0.717, 1.165) is 19.3 Å². The molecule has 3 rings (SSSR count). The number of ether oxygens (including phenoxy) is 2. The van der Waals surface area contributed by atoms with Gasteiger partial charge in [0.2, 0.25) is 0 Å². The number of amides is 1. The van der Waals surface area contributed by atoms with Crippen LogP contribution in [0.3, 0.4) is 0 Å². The van der Waals surface area contributed by atoms with Crippen molar-refractivity contribution in [2.24, 2.45) is 0 Å². The molecule has 1 amide bonds. The first kappa shape index (κ1) is 31.7. The molecular weight excluding hydrogens is 517 g/mol. The van der Waals surface area contributed by atoms with Crippen LogP contribution in [0.1, 0.15) is 109 Å². The quantitative estimate of drug-likeness (QED) is 0.121. The normalized spacial score (nSPS) is 20.6. The number of fused-ring (bicyclic) bond motifs is 1. The smallest absolute Gasteiger partial charge is 0.412 e. The summed E-state index contributed by atoms with van der Waals surface area (Å²) < 4.78 is 26.6. The van der Waals surface area contributed by atoms with E-state index in [2.05, 4.69) is 33.1 Å². The molecule has 1 saturated heterocycles. The van der Waals surface area contributed by atoms with E-state index >= 15 is 0 Å². The highest BCUT2D eigenvalue weighted by atomic mass is 19.1. The molecule has 40 heavy (non-hydrogen) atoms. The SMILES string of the molecule is C#C[C@]1(CO)O[C@@H](n2cnc3c(NC(=O)OCCCCCCCCCCCCCCCC)nc(F)nc32)C[C@@H]1O. The number of aliphatic hydroxyl groups excluding tert-OH is 2. The summed E-state index contributed by atoms with van der Waals surface area (Å²) >= 11 is 0. The van der Waals surface area contributed by atoms with Gasteiger partial charge in [-0.3, -0.25) is 9.88 Å². The molecule has 0 aromatic carbocycles. The summed E-state index contributed by atoms with van der Waals surface area (Å²) in [5.74, 6) is 2.14. The van der Waals surface area contributed by atoms with Crippen molar-refractivity contribution in [1.29, 1.82) is 0 Å². The number of imidazole rings is 1. The average molecular weight is 562 g/mol. The zero-order valence-electron chi connectivity index (χ0n) is 23.6. The summed E-state index contributed by atoms with van der Waals surface area (Å²) in [6.45, 7) is 1.91. The second-order valence-electron chi connectivity index (χ2n) is 10.5. The van der Waals surface area contributed by atoms with Gasteiger partial charge in [0.15, 0.2) is 22.6 Å². The molecule has 222 valence electrons. The Labute approximate surface area is 236 Å². The Hall–Kier alpha value is -2.81. The lowest BCUT2D eigenvalue weighted by atomic mass is 9.99. The number of hydrogen-bond acceptors (Lipinski definition) is 8. The van der Waals surface area contributed by atoms with Crippen LogP contribution in [0.25, 0.3) is 11.2 Å². The minimum absolute atomic E-state index is 0.0336. The minimum Gasteiger partial charge on any atom is -0.449 e. The predicted octanol–water partition coefficient (Wildman–Crippen LogP) is 5.64. The summed E-state index contributed by atoms with van der Waals surface area (Å²) in [5, 5.41) is 22.3. The fourth-order valence-corrected chi connectivity index (χ4v) is 5.02. The van der Waals surface area contributed by atoms with Crippen LogP contribution in [0, 0.1) is 18.4 Å². The van der Waals surface area contributed by atoms with Gasteiger partial charge >= 0.3 is 12.2 Å². The lowest BCUT2D eigenvalue weighted by Crippen LogP contribution is -2.41. The van der Waals surface area contributed by atoms with Crippen LogP contribution in [0.4, 0.5) is 15.0 Å². The predicted molar refractivity (Wildman–Crippen MR) is 150 cm³/mol. The molecule has 3 N–H and O–H groups in total. The van der Waals surface area contributed by atoms with Gasteiger partial charge in [0.05, 0.1) is 19.5 Å². The van der Waals surface area contributed by atoms with Crippen LogP contribution in [0.5, 0.6) is 0 Å². The monoisotopic (exact) mass is 561 g/mol. The minimum atomic E-state index is -1.58. The largest absolute Gasteiger partial charge is 0.449 e. The third-order valence-corrected chi connectivity index (χ3v) is 7.44. The number of unbranched alkanes of at least 4 members (excludes halogenated alkanes) is 13. The molecule has 11 heteroatoms. The Bertz CT molecular complexity index is 1110. The van der Waals surface area contributed by atoms with Gasteiger partial charge in [0.1, 0.15) is 12.3 Å².